The minimum Gasteiger partial charge on any atom is -0.335 e. The number of hydrogen-bond acceptors (Lipinski definition) is 5. The van der Waals surface area contributed by atoms with Crippen LogP contribution in [-0.4, -0.2) is 33.2 Å². The third kappa shape index (κ3) is 3.08. The Kier molecular flexibility index (Phi) is 4.46. The van der Waals surface area contributed by atoms with E-state index in [1.807, 2.05) is 0 Å². The van der Waals surface area contributed by atoms with Gasteiger partial charge in [0.1, 0.15) is 0 Å². The first-order valence-electron chi connectivity index (χ1n) is 8.22. The highest BCUT2D eigenvalue weighted by molar-refractivity contribution is 5.96. The van der Waals surface area contributed by atoms with Crippen LogP contribution in [0.25, 0.3) is 0 Å². The van der Waals surface area contributed by atoms with Crippen LogP contribution in [0.1, 0.15) is 48.9 Å². The number of fused-ring (bicyclic) bond motifs is 1. The van der Waals surface area contributed by atoms with E-state index < -0.39 is 21.2 Å². The van der Waals surface area contributed by atoms with Crippen molar-refractivity contribution in [1.82, 2.24) is 4.90 Å². The largest absolute Gasteiger partial charge is 0.335 e. The Hall–Kier alpha value is -2.51. The fourth-order valence-corrected chi connectivity index (χ4v) is 3.97. The van der Waals surface area contributed by atoms with Crippen molar-refractivity contribution in [2.24, 2.45) is 5.92 Å². The average molecular weight is 333 g/mol. The lowest BCUT2D eigenvalue weighted by molar-refractivity contribution is -0.394. The number of nitrogens with zero attached hydrogens (tertiary/aromatic N) is 3. The second kappa shape index (κ2) is 6.54. The van der Waals surface area contributed by atoms with E-state index in [4.69, 9.17) is 0 Å². The Labute approximate surface area is 138 Å². The predicted octanol–water partition coefficient (Wildman–Crippen LogP) is 3.30. The lowest BCUT2D eigenvalue weighted by atomic mass is 9.78. The number of nitro benzene ring substituents is 2. The quantitative estimate of drug-likeness (QED) is 0.623. The smallest absolute Gasteiger partial charge is 0.277 e. The summed E-state index contributed by atoms with van der Waals surface area (Å²) in [6.45, 7) is 0.608. The van der Waals surface area contributed by atoms with Gasteiger partial charge in [0.15, 0.2) is 0 Å². The average Bonchev–Trinajstić information content (AvgIpc) is 2.60. The standard InChI is InChI=1S/C16H19N3O5/c20-16(17-7-3-5-11-4-1-2-6-15(11)17)12-8-13(18(21)22)10-14(9-12)19(23)24/h8-11,15H,1-7H2/t11-,15+/m0/s1. The van der Waals surface area contributed by atoms with Crippen LogP contribution in [0.3, 0.4) is 0 Å². The van der Waals surface area contributed by atoms with Crippen LogP contribution < -0.4 is 0 Å². The normalized spacial score (nSPS) is 23.4. The van der Waals surface area contributed by atoms with Crippen molar-refractivity contribution in [2.75, 3.05) is 6.54 Å². The molecule has 2 atom stereocenters. The summed E-state index contributed by atoms with van der Waals surface area (Å²) < 4.78 is 0. The predicted molar refractivity (Wildman–Crippen MR) is 85.8 cm³/mol. The van der Waals surface area contributed by atoms with E-state index in [2.05, 4.69) is 0 Å². The van der Waals surface area contributed by atoms with E-state index in [1.165, 1.54) is 6.42 Å². The Morgan fingerprint density at radius 1 is 0.958 bits per heavy atom. The molecular formula is C16H19N3O5. The molecule has 0 aromatic heterocycles. The maximum absolute atomic E-state index is 12.9. The number of piperidine rings is 1. The molecule has 1 aliphatic carbocycles. The fourth-order valence-electron chi connectivity index (χ4n) is 3.97. The van der Waals surface area contributed by atoms with Crippen LogP contribution in [-0.2, 0) is 0 Å². The highest BCUT2D eigenvalue weighted by atomic mass is 16.6. The molecule has 0 spiro atoms. The van der Waals surface area contributed by atoms with E-state index >= 15 is 0 Å². The van der Waals surface area contributed by atoms with Gasteiger partial charge in [0.25, 0.3) is 17.3 Å². The van der Waals surface area contributed by atoms with Gasteiger partial charge in [0.2, 0.25) is 0 Å². The van der Waals surface area contributed by atoms with E-state index in [0.717, 1.165) is 50.3 Å². The highest BCUT2D eigenvalue weighted by Gasteiger charge is 2.36. The van der Waals surface area contributed by atoms with Crippen LogP contribution in [0.15, 0.2) is 18.2 Å². The number of benzene rings is 1. The molecule has 1 aromatic carbocycles. The number of non-ortho nitro benzene ring substituents is 2. The molecule has 1 heterocycles. The molecule has 1 aromatic rings. The van der Waals surface area contributed by atoms with E-state index in [1.54, 1.807) is 4.90 Å². The van der Waals surface area contributed by atoms with Crippen LogP contribution in [0.2, 0.25) is 0 Å². The van der Waals surface area contributed by atoms with Gasteiger partial charge in [-0.05, 0) is 31.6 Å². The van der Waals surface area contributed by atoms with Crippen molar-refractivity contribution in [3.8, 4) is 0 Å². The van der Waals surface area contributed by atoms with Crippen molar-refractivity contribution in [3.63, 3.8) is 0 Å². The van der Waals surface area contributed by atoms with Crippen LogP contribution in [0, 0.1) is 26.1 Å². The van der Waals surface area contributed by atoms with Crippen LogP contribution >= 0.6 is 0 Å². The lowest BCUT2D eigenvalue weighted by Gasteiger charge is -2.44. The number of carbonyl (C=O) groups is 1. The molecule has 2 fully saturated rings. The summed E-state index contributed by atoms with van der Waals surface area (Å²) in [5.74, 6) is 0.142. The highest BCUT2D eigenvalue weighted by Crippen LogP contribution is 2.36. The van der Waals surface area contributed by atoms with E-state index in [-0.39, 0.29) is 17.5 Å². The molecule has 1 amide bonds. The Bertz CT molecular complexity index is 656. The van der Waals surface area contributed by atoms with Gasteiger partial charge < -0.3 is 4.90 Å². The first kappa shape index (κ1) is 16.4. The maximum Gasteiger partial charge on any atom is 0.277 e. The number of hydrogen-bond donors (Lipinski definition) is 0. The van der Waals surface area contributed by atoms with Gasteiger partial charge >= 0.3 is 0 Å². The third-order valence-electron chi connectivity index (χ3n) is 5.08. The number of nitro groups is 2. The SMILES string of the molecule is O=C(c1cc([N+](=O)[O-])cc([N+](=O)[O-])c1)N1CCC[C@@H]2CCCC[C@H]21. The zero-order valence-corrected chi connectivity index (χ0v) is 13.2. The molecule has 0 bridgehead atoms. The lowest BCUT2D eigenvalue weighted by Crippen LogP contribution is -2.49. The van der Waals surface area contributed by atoms with Gasteiger partial charge in [-0.2, -0.15) is 0 Å². The summed E-state index contributed by atoms with van der Waals surface area (Å²) in [5, 5.41) is 22.0. The molecule has 8 nitrogen and oxygen atoms in total. The molecule has 1 saturated carbocycles. The second-order valence-corrected chi connectivity index (χ2v) is 6.50. The number of likely N-dealkylation sites (tertiary alicyclic amines) is 1. The van der Waals surface area contributed by atoms with Gasteiger partial charge in [-0.15, -0.1) is 0 Å². The van der Waals surface area contributed by atoms with Crippen LogP contribution in [0.5, 0.6) is 0 Å². The van der Waals surface area contributed by atoms with Gasteiger partial charge in [-0.3, -0.25) is 25.0 Å². The first-order valence-corrected chi connectivity index (χ1v) is 8.22. The number of amides is 1. The number of rotatable bonds is 3. The van der Waals surface area contributed by atoms with Crippen molar-refractivity contribution in [1.29, 1.82) is 0 Å². The maximum atomic E-state index is 12.9. The van der Waals surface area contributed by atoms with Gasteiger partial charge in [-0.25, -0.2) is 0 Å². The first-order chi connectivity index (χ1) is 11.5. The minimum absolute atomic E-state index is 0.0297. The number of carbonyl (C=O) groups excluding carboxylic acids is 1. The molecule has 24 heavy (non-hydrogen) atoms. The molecule has 1 saturated heterocycles. The molecule has 0 unspecified atom stereocenters. The summed E-state index contributed by atoms with van der Waals surface area (Å²) in [6, 6.07) is 3.32. The molecule has 3 rings (SSSR count). The van der Waals surface area contributed by atoms with Crippen molar-refractivity contribution in [3.05, 3.63) is 44.0 Å². The molecule has 0 N–H and O–H groups in total. The minimum atomic E-state index is -0.705. The van der Waals surface area contributed by atoms with E-state index in [9.17, 15) is 25.0 Å². The van der Waals surface area contributed by atoms with E-state index in [0.29, 0.717) is 12.5 Å². The summed E-state index contributed by atoms with van der Waals surface area (Å²) in [5.41, 5.74) is -0.823. The molecule has 128 valence electrons. The third-order valence-corrected chi connectivity index (χ3v) is 5.08. The fraction of sp³-hybridized carbons (Fsp3) is 0.562. The molecular weight excluding hydrogens is 314 g/mol. The van der Waals surface area contributed by atoms with Gasteiger partial charge in [0.05, 0.1) is 21.5 Å². The van der Waals surface area contributed by atoms with Crippen LogP contribution in [0.4, 0.5) is 11.4 Å². The Morgan fingerprint density at radius 2 is 1.54 bits per heavy atom. The van der Waals surface area contributed by atoms with Crippen molar-refractivity contribution >= 4 is 17.3 Å². The zero-order chi connectivity index (χ0) is 17.3. The molecule has 2 aliphatic rings. The molecule has 8 heteroatoms. The van der Waals surface area contributed by atoms with Gasteiger partial charge in [0, 0.05) is 24.7 Å². The Morgan fingerprint density at radius 3 is 2.17 bits per heavy atom. The van der Waals surface area contributed by atoms with Crippen molar-refractivity contribution in [2.45, 2.75) is 44.6 Å². The van der Waals surface area contributed by atoms with Gasteiger partial charge in [-0.1, -0.05) is 12.8 Å². The summed E-state index contributed by atoms with van der Waals surface area (Å²) >= 11 is 0. The Balaban J connectivity index is 1.93. The second-order valence-electron chi connectivity index (χ2n) is 6.50. The molecule has 0 radical (unpaired) electrons. The summed E-state index contributed by atoms with van der Waals surface area (Å²) in [6.07, 6.45) is 6.29. The topological polar surface area (TPSA) is 107 Å². The molecule has 1 aliphatic heterocycles. The monoisotopic (exact) mass is 333 g/mol. The summed E-state index contributed by atoms with van der Waals surface area (Å²) in [4.78, 5) is 35.3. The summed E-state index contributed by atoms with van der Waals surface area (Å²) in [7, 11) is 0. The zero-order valence-electron chi connectivity index (χ0n) is 13.2. The van der Waals surface area contributed by atoms with Crippen molar-refractivity contribution < 1.29 is 14.6 Å².